The smallest absolute Gasteiger partial charge is 0.416 e. The van der Waals surface area contributed by atoms with Crippen LogP contribution in [0.25, 0.3) is 0 Å². The number of primary amides is 1. The fourth-order valence-electron chi connectivity index (χ4n) is 2.72. The lowest BCUT2D eigenvalue weighted by molar-refractivity contribution is -0.385. The Hall–Kier alpha value is -4.61. The predicted octanol–water partition coefficient (Wildman–Crippen LogP) is 4.52. The number of benzene rings is 3. The Morgan fingerprint density at radius 1 is 0.971 bits per heavy atom. The highest BCUT2D eigenvalue weighted by Crippen LogP contribution is 2.37. The molecule has 0 fully saturated rings. The summed E-state index contributed by atoms with van der Waals surface area (Å²) in [5.41, 5.74) is 3.64. The van der Waals surface area contributed by atoms with Gasteiger partial charge < -0.3 is 20.5 Å². The summed E-state index contributed by atoms with van der Waals surface area (Å²) < 4.78 is 49.0. The molecule has 0 heterocycles. The van der Waals surface area contributed by atoms with E-state index in [1.54, 1.807) is 12.1 Å². The van der Waals surface area contributed by atoms with Gasteiger partial charge in [-0.1, -0.05) is 0 Å². The minimum atomic E-state index is -4.74. The molecule has 34 heavy (non-hydrogen) atoms. The van der Waals surface area contributed by atoms with Crippen molar-refractivity contribution in [2.75, 3.05) is 11.9 Å². The van der Waals surface area contributed by atoms with Crippen LogP contribution in [0.2, 0.25) is 0 Å². The summed E-state index contributed by atoms with van der Waals surface area (Å²) in [7, 11) is 0. The highest BCUT2D eigenvalue weighted by Gasteiger charge is 2.33. The number of nitro benzene ring substituents is 1. The average molecular weight is 475 g/mol. The van der Waals surface area contributed by atoms with Crippen molar-refractivity contribution in [2.45, 2.75) is 6.18 Å². The molecule has 3 aromatic carbocycles. The molecule has 0 atom stereocenters. The van der Waals surface area contributed by atoms with E-state index >= 15 is 0 Å². The molecule has 176 valence electrons. The van der Waals surface area contributed by atoms with Gasteiger partial charge in [0.1, 0.15) is 11.5 Å². The van der Waals surface area contributed by atoms with Gasteiger partial charge in [0.05, 0.1) is 10.5 Å². The lowest BCUT2D eigenvalue weighted by atomic mass is 10.1. The SMILES string of the molecule is NC(=O)COc1ccc(NC(=O)c2ccc(Oc3ccc(C(F)(F)F)cc3[N+](=O)[O-])cc2)cc1. The second-order valence-electron chi connectivity index (χ2n) is 6.80. The maximum Gasteiger partial charge on any atom is 0.416 e. The van der Waals surface area contributed by atoms with E-state index in [9.17, 15) is 32.9 Å². The Labute approximate surface area is 190 Å². The molecule has 0 bridgehead atoms. The first-order valence-electron chi connectivity index (χ1n) is 9.49. The standard InChI is InChI=1S/C22H16F3N3O6/c23-22(24,25)14-3-10-19(18(11-14)28(31)32)34-17-6-1-13(2-7-17)21(30)27-15-4-8-16(9-5-15)33-12-20(26)29/h1-11H,12H2,(H2,26,29)(H,27,30). The van der Waals surface area contributed by atoms with Gasteiger partial charge in [-0.05, 0) is 60.7 Å². The second-order valence-corrected chi connectivity index (χ2v) is 6.80. The number of alkyl halides is 3. The Morgan fingerprint density at radius 2 is 1.59 bits per heavy atom. The molecule has 0 unspecified atom stereocenters. The number of ether oxygens (including phenoxy) is 2. The highest BCUT2D eigenvalue weighted by atomic mass is 19.4. The van der Waals surface area contributed by atoms with Crippen molar-refractivity contribution in [3.8, 4) is 17.2 Å². The molecule has 2 amide bonds. The summed E-state index contributed by atoms with van der Waals surface area (Å²) >= 11 is 0. The van der Waals surface area contributed by atoms with Gasteiger partial charge in [-0.15, -0.1) is 0 Å². The molecular formula is C22H16F3N3O6. The zero-order valence-electron chi connectivity index (χ0n) is 17.2. The molecule has 0 aliphatic rings. The van der Waals surface area contributed by atoms with E-state index in [1.165, 1.54) is 36.4 Å². The van der Waals surface area contributed by atoms with Crippen LogP contribution in [0.4, 0.5) is 24.5 Å². The quantitative estimate of drug-likeness (QED) is 0.363. The van der Waals surface area contributed by atoms with Crippen LogP contribution in [0, 0.1) is 10.1 Å². The third-order valence-corrected chi connectivity index (χ3v) is 4.32. The van der Waals surface area contributed by atoms with E-state index in [1.807, 2.05) is 0 Å². The van der Waals surface area contributed by atoms with Crippen molar-refractivity contribution in [3.63, 3.8) is 0 Å². The molecular weight excluding hydrogens is 459 g/mol. The third-order valence-electron chi connectivity index (χ3n) is 4.32. The minimum absolute atomic E-state index is 0.0790. The van der Waals surface area contributed by atoms with Crippen molar-refractivity contribution < 1.29 is 37.2 Å². The third kappa shape index (κ3) is 6.22. The molecule has 0 saturated heterocycles. The molecule has 0 aliphatic carbocycles. The molecule has 0 saturated carbocycles. The summed E-state index contributed by atoms with van der Waals surface area (Å²) in [5.74, 6) is -1.02. The number of hydrogen-bond acceptors (Lipinski definition) is 6. The van der Waals surface area contributed by atoms with Crippen LogP contribution in [0.3, 0.4) is 0 Å². The topological polar surface area (TPSA) is 134 Å². The highest BCUT2D eigenvalue weighted by molar-refractivity contribution is 6.04. The van der Waals surface area contributed by atoms with Crippen molar-refractivity contribution in [1.29, 1.82) is 0 Å². The number of nitro groups is 1. The lowest BCUT2D eigenvalue weighted by Gasteiger charge is -2.11. The zero-order valence-corrected chi connectivity index (χ0v) is 17.2. The van der Waals surface area contributed by atoms with Crippen LogP contribution in [-0.2, 0) is 11.0 Å². The molecule has 3 aromatic rings. The summed E-state index contributed by atoms with van der Waals surface area (Å²) in [6.45, 7) is -0.282. The van der Waals surface area contributed by atoms with Crippen LogP contribution < -0.4 is 20.5 Å². The van der Waals surface area contributed by atoms with Crippen LogP contribution in [0.1, 0.15) is 15.9 Å². The van der Waals surface area contributed by atoms with Crippen molar-refractivity contribution in [3.05, 3.63) is 88.0 Å². The molecule has 0 aromatic heterocycles. The first-order valence-corrected chi connectivity index (χ1v) is 9.49. The number of halogens is 3. The first-order chi connectivity index (χ1) is 16.0. The molecule has 0 radical (unpaired) electrons. The molecule has 12 heteroatoms. The minimum Gasteiger partial charge on any atom is -0.484 e. The Morgan fingerprint density at radius 3 is 2.15 bits per heavy atom. The van der Waals surface area contributed by atoms with Gasteiger partial charge in [0, 0.05) is 17.3 Å². The number of nitrogens with one attached hydrogen (secondary N) is 1. The summed E-state index contributed by atoms with van der Waals surface area (Å²) in [5, 5.41) is 13.8. The first kappa shape index (κ1) is 24.0. The Balaban J connectivity index is 1.67. The molecule has 9 nitrogen and oxygen atoms in total. The van der Waals surface area contributed by atoms with Crippen LogP contribution >= 0.6 is 0 Å². The van der Waals surface area contributed by atoms with Crippen LogP contribution in [-0.4, -0.2) is 23.3 Å². The van der Waals surface area contributed by atoms with E-state index in [0.29, 0.717) is 23.6 Å². The van der Waals surface area contributed by atoms with Crippen LogP contribution in [0.5, 0.6) is 17.2 Å². The lowest BCUT2D eigenvalue weighted by Crippen LogP contribution is -2.20. The summed E-state index contributed by atoms with van der Waals surface area (Å²) in [4.78, 5) is 33.3. The normalized spacial score (nSPS) is 10.9. The number of nitrogens with zero attached hydrogens (tertiary/aromatic N) is 1. The van der Waals surface area contributed by atoms with Gasteiger partial charge in [0.15, 0.2) is 6.61 Å². The Bertz CT molecular complexity index is 1210. The largest absolute Gasteiger partial charge is 0.484 e. The fraction of sp³-hybridized carbons (Fsp3) is 0.0909. The van der Waals surface area contributed by atoms with Gasteiger partial charge >= 0.3 is 11.9 Å². The van der Waals surface area contributed by atoms with Crippen LogP contribution in [0.15, 0.2) is 66.7 Å². The number of amides is 2. The number of anilines is 1. The zero-order chi connectivity index (χ0) is 24.9. The predicted molar refractivity (Wildman–Crippen MR) is 114 cm³/mol. The summed E-state index contributed by atoms with van der Waals surface area (Å²) in [6.07, 6.45) is -4.74. The Kier molecular flexibility index (Phi) is 7.00. The van der Waals surface area contributed by atoms with E-state index in [-0.39, 0.29) is 23.7 Å². The van der Waals surface area contributed by atoms with Gasteiger partial charge in [-0.3, -0.25) is 19.7 Å². The number of nitrogens with two attached hydrogens (primary N) is 1. The number of carbonyl (C=O) groups is 2. The fourth-order valence-corrected chi connectivity index (χ4v) is 2.72. The van der Waals surface area contributed by atoms with E-state index < -0.39 is 34.2 Å². The van der Waals surface area contributed by atoms with E-state index in [4.69, 9.17) is 15.2 Å². The van der Waals surface area contributed by atoms with Gasteiger partial charge in [-0.2, -0.15) is 13.2 Å². The second kappa shape index (κ2) is 9.90. The van der Waals surface area contributed by atoms with Crippen molar-refractivity contribution >= 4 is 23.2 Å². The number of carbonyl (C=O) groups excluding carboxylic acids is 2. The molecule has 0 spiro atoms. The van der Waals surface area contributed by atoms with Gasteiger partial charge in [0.2, 0.25) is 5.75 Å². The van der Waals surface area contributed by atoms with Crippen molar-refractivity contribution in [1.82, 2.24) is 0 Å². The number of rotatable bonds is 8. The monoisotopic (exact) mass is 475 g/mol. The maximum absolute atomic E-state index is 12.8. The van der Waals surface area contributed by atoms with E-state index in [0.717, 1.165) is 6.07 Å². The molecule has 3 N–H and O–H groups in total. The maximum atomic E-state index is 12.8. The average Bonchev–Trinajstić information content (AvgIpc) is 2.78. The van der Waals surface area contributed by atoms with Gasteiger partial charge in [-0.25, -0.2) is 0 Å². The van der Waals surface area contributed by atoms with Crippen molar-refractivity contribution in [2.24, 2.45) is 5.73 Å². The molecule has 0 aliphatic heterocycles. The van der Waals surface area contributed by atoms with E-state index in [2.05, 4.69) is 5.32 Å². The summed E-state index contributed by atoms with van der Waals surface area (Å²) in [6, 6.07) is 13.5. The number of hydrogen-bond donors (Lipinski definition) is 2. The van der Waals surface area contributed by atoms with Gasteiger partial charge in [0.25, 0.3) is 11.8 Å². The molecule has 3 rings (SSSR count).